The van der Waals surface area contributed by atoms with Crippen molar-refractivity contribution in [2.45, 2.75) is 64.8 Å². The molecule has 0 unspecified atom stereocenters. The van der Waals surface area contributed by atoms with Crippen molar-refractivity contribution in [3.63, 3.8) is 0 Å². The summed E-state index contributed by atoms with van der Waals surface area (Å²) in [5.41, 5.74) is 14.5. The van der Waals surface area contributed by atoms with Gasteiger partial charge in [-0.1, -0.05) is 53.7 Å². The van der Waals surface area contributed by atoms with Crippen LogP contribution in [0.5, 0.6) is 5.75 Å². The van der Waals surface area contributed by atoms with Gasteiger partial charge in [0.05, 0.1) is 0 Å². The van der Waals surface area contributed by atoms with Gasteiger partial charge >= 0.3 is 0 Å². The van der Waals surface area contributed by atoms with Crippen LogP contribution in [-0.2, 0) is 10.8 Å². The Bertz CT molecular complexity index is 432. The standard InChI is InChI=1S/C17H30N2O/c1-16(2,3)12-9-11(14(19)7-8-18)10-13(15(12)20)17(4,5)6/h9-10,14,20H,7-8,18-19H2,1-6H3/t14-/m1/s1. The second-order valence-electron chi connectivity index (χ2n) is 7.65. The van der Waals surface area contributed by atoms with Crippen molar-refractivity contribution < 1.29 is 5.11 Å². The van der Waals surface area contributed by atoms with Crippen LogP contribution in [-0.4, -0.2) is 11.7 Å². The van der Waals surface area contributed by atoms with Crippen molar-refractivity contribution in [2.24, 2.45) is 11.5 Å². The molecule has 0 saturated carbocycles. The fourth-order valence-electron chi connectivity index (χ4n) is 2.36. The van der Waals surface area contributed by atoms with E-state index in [1.807, 2.05) is 12.1 Å². The molecule has 0 bridgehead atoms. The van der Waals surface area contributed by atoms with Crippen LogP contribution in [0.15, 0.2) is 12.1 Å². The highest BCUT2D eigenvalue weighted by atomic mass is 16.3. The highest BCUT2D eigenvalue weighted by molar-refractivity contribution is 5.50. The summed E-state index contributed by atoms with van der Waals surface area (Å²) in [5, 5.41) is 10.6. The quantitative estimate of drug-likeness (QED) is 0.794. The van der Waals surface area contributed by atoms with Crippen LogP contribution in [0.2, 0.25) is 0 Å². The molecule has 5 N–H and O–H groups in total. The Morgan fingerprint density at radius 1 is 1.00 bits per heavy atom. The van der Waals surface area contributed by atoms with Gasteiger partial charge in [0.1, 0.15) is 5.75 Å². The smallest absolute Gasteiger partial charge is 0.123 e. The average Bonchev–Trinajstić information content (AvgIpc) is 2.26. The lowest BCUT2D eigenvalue weighted by molar-refractivity contribution is 0.422. The minimum absolute atomic E-state index is 0.0807. The molecule has 0 fully saturated rings. The summed E-state index contributed by atoms with van der Waals surface area (Å²) in [7, 11) is 0. The number of nitrogens with two attached hydrogens (primary N) is 2. The maximum Gasteiger partial charge on any atom is 0.123 e. The van der Waals surface area contributed by atoms with Crippen molar-refractivity contribution in [1.29, 1.82) is 0 Å². The topological polar surface area (TPSA) is 72.3 Å². The van der Waals surface area contributed by atoms with E-state index in [-0.39, 0.29) is 16.9 Å². The van der Waals surface area contributed by atoms with Crippen LogP contribution in [0.1, 0.15) is 70.7 Å². The second-order valence-corrected chi connectivity index (χ2v) is 7.65. The monoisotopic (exact) mass is 278 g/mol. The van der Waals surface area contributed by atoms with E-state index in [9.17, 15) is 5.11 Å². The van der Waals surface area contributed by atoms with Crippen molar-refractivity contribution in [3.05, 3.63) is 28.8 Å². The normalized spacial score (nSPS) is 14.4. The summed E-state index contributed by atoms with van der Waals surface area (Å²) in [6.45, 7) is 13.2. The molecule has 0 aliphatic heterocycles. The highest BCUT2D eigenvalue weighted by Crippen LogP contribution is 2.40. The molecule has 0 aliphatic rings. The van der Waals surface area contributed by atoms with E-state index in [0.717, 1.165) is 23.1 Å². The van der Waals surface area contributed by atoms with Gasteiger partial charge in [-0.15, -0.1) is 0 Å². The van der Waals surface area contributed by atoms with Crippen LogP contribution in [0, 0.1) is 0 Å². The Hall–Kier alpha value is -1.06. The first kappa shape index (κ1) is 17.0. The third-order valence-electron chi connectivity index (χ3n) is 3.65. The third-order valence-corrected chi connectivity index (χ3v) is 3.65. The number of aromatic hydroxyl groups is 1. The number of rotatable bonds is 3. The fraction of sp³-hybridized carbons (Fsp3) is 0.647. The zero-order chi connectivity index (χ0) is 15.7. The van der Waals surface area contributed by atoms with Crippen molar-refractivity contribution in [3.8, 4) is 5.75 Å². The van der Waals surface area contributed by atoms with Gasteiger partial charge < -0.3 is 16.6 Å². The van der Waals surface area contributed by atoms with Crippen molar-refractivity contribution >= 4 is 0 Å². The summed E-state index contributed by atoms with van der Waals surface area (Å²) < 4.78 is 0. The first-order valence-corrected chi connectivity index (χ1v) is 7.32. The van der Waals surface area contributed by atoms with Crippen LogP contribution >= 0.6 is 0 Å². The minimum Gasteiger partial charge on any atom is -0.507 e. The summed E-state index contributed by atoms with van der Waals surface area (Å²) >= 11 is 0. The van der Waals surface area contributed by atoms with Crippen molar-refractivity contribution in [1.82, 2.24) is 0 Å². The van der Waals surface area contributed by atoms with E-state index < -0.39 is 0 Å². The van der Waals surface area contributed by atoms with Gasteiger partial charge in [0.2, 0.25) is 0 Å². The van der Waals surface area contributed by atoms with Gasteiger partial charge in [-0.05, 0) is 40.5 Å². The fourth-order valence-corrected chi connectivity index (χ4v) is 2.36. The number of hydrogen-bond donors (Lipinski definition) is 3. The zero-order valence-corrected chi connectivity index (χ0v) is 13.7. The van der Waals surface area contributed by atoms with E-state index in [0.29, 0.717) is 12.3 Å². The summed E-state index contributed by atoms with van der Waals surface area (Å²) in [6, 6.07) is 3.98. The van der Waals surface area contributed by atoms with Gasteiger partial charge in [-0.25, -0.2) is 0 Å². The summed E-state index contributed by atoms with van der Waals surface area (Å²) in [6.07, 6.45) is 0.748. The average molecular weight is 278 g/mol. The predicted molar refractivity (Wildman–Crippen MR) is 86.1 cm³/mol. The highest BCUT2D eigenvalue weighted by Gasteiger charge is 2.27. The molecule has 1 rings (SSSR count). The maximum absolute atomic E-state index is 10.6. The SMILES string of the molecule is CC(C)(C)c1cc([C@H](N)CCN)cc(C(C)(C)C)c1O. The molecule has 0 aliphatic carbocycles. The van der Waals surface area contributed by atoms with Crippen LogP contribution in [0.25, 0.3) is 0 Å². The third kappa shape index (κ3) is 3.74. The van der Waals surface area contributed by atoms with E-state index in [4.69, 9.17) is 11.5 Å². The number of hydrogen-bond acceptors (Lipinski definition) is 3. The minimum atomic E-state index is -0.122. The van der Waals surface area contributed by atoms with Gasteiger partial charge in [-0.2, -0.15) is 0 Å². The van der Waals surface area contributed by atoms with Gasteiger partial charge in [-0.3, -0.25) is 0 Å². The molecule has 1 aromatic rings. The largest absolute Gasteiger partial charge is 0.507 e. The zero-order valence-electron chi connectivity index (χ0n) is 13.7. The second kappa shape index (κ2) is 5.74. The Balaban J connectivity index is 3.50. The molecule has 0 spiro atoms. The molecule has 3 nitrogen and oxygen atoms in total. The molecule has 0 amide bonds. The molecular weight excluding hydrogens is 248 g/mol. The number of benzene rings is 1. The Labute approximate surface area is 123 Å². The molecule has 1 atom stereocenters. The Kier molecular flexibility index (Phi) is 4.88. The molecule has 20 heavy (non-hydrogen) atoms. The summed E-state index contributed by atoms with van der Waals surface area (Å²) in [5.74, 6) is 0.397. The van der Waals surface area contributed by atoms with E-state index in [1.165, 1.54) is 0 Å². The van der Waals surface area contributed by atoms with Gasteiger partial charge in [0, 0.05) is 6.04 Å². The molecule has 0 saturated heterocycles. The van der Waals surface area contributed by atoms with Crippen LogP contribution in [0.3, 0.4) is 0 Å². The lowest BCUT2D eigenvalue weighted by Gasteiger charge is -2.29. The van der Waals surface area contributed by atoms with Crippen LogP contribution < -0.4 is 11.5 Å². The molecule has 1 aromatic carbocycles. The first-order chi connectivity index (χ1) is 8.98. The lowest BCUT2D eigenvalue weighted by Crippen LogP contribution is -2.21. The lowest BCUT2D eigenvalue weighted by atomic mass is 9.77. The number of phenolic OH excluding ortho intramolecular Hbond substituents is 1. The molecule has 114 valence electrons. The van der Waals surface area contributed by atoms with E-state index >= 15 is 0 Å². The van der Waals surface area contributed by atoms with E-state index in [2.05, 4.69) is 41.5 Å². The molecule has 0 aromatic heterocycles. The van der Waals surface area contributed by atoms with Gasteiger partial charge in [0.25, 0.3) is 0 Å². The summed E-state index contributed by atoms with van der Waals surface area (Å²) in [4.78, 5) is 0. The molecule has 3 heteroatoms. The van der Waals surface area contributed by atoms with Crippen LogP contribution in [0.4, 0.5) is 0 Å². The number of phenols is 1. The molecule has 0 heterocycles. The van der Waals surface area contributed by atoms with Gasteiger partial charge in [0.15, 0.2) is 0 Å². The molecule has 0 radical (unpaired) electrons. The first-order valence-electron chi connectivity index (χ1n) is 7.32. The van der Waals surface area contributed by atoms with E-state index in [1.54, 1.807) is 0 Å². The molecular formula is C17H30N2O. The van der Waals surface area contributed by atoms with Crippen molar-refractivity contribution in [2.75, 3.05) is 6.54 Å². The predicted octanol–water partition coefficient (Wildman–Crippen LogP) is 3.34. The Morgan fingerprint density at radius 3 is 1.70 bits per heavy atom. The maximum atomic E-state index is 10.6. The Morgan fingerprint density at radius 2 is 1.40 bits per heavy atom.